The van der Waals surface area contributed by atoms with Crippen LogP contribution < -0.4 is 5.56 Å². The Balaban J connectivity index is 2.52. The number of halogens is 3. The second kappa shape index (κ2) is 3.36. The minimum atomic E-state index is -4.34. The summed E-state index contributed by atoms with van der Waals surface area (Å²) in [7, 11) is 0. The third kappa shape index (κ3) is 2.07. The van der Waals surface area contributed by atoms with Crippen LogP contribution in [-0.2, 0) is 6.42 Å². The second-order valence-corrected chi connectivity index (χ2v) is 3.53. The van der Waals surface area contributed by atoms with E-state index in [0.29, 0.717) is 5.56 Å². The highest BCUT2D eigenvalue weighted by atomic mass is 19.4. The summed E-state index contributed by atoms with van der Waals surface area (Å²) >= 11 is 0. The van der Waals surface area contributed by atoms with Gasteiger partial charge in [0.15, 0.2) is 5.65 Å². The lowest BCUT2D eigenvalue weighted by molar-refractivity contribution is -0.128. The van der Waals surface area contributed by atoms with Gasteiger partial charge in [0.2, 0.25) is 0 Å². The molecule has 0 saturated heterocycles. The average Bonchev–Trinajstić information content (AvgIpc) is 2.43. The van der Waals surface area contributed by atoms with Crippen molar-refractivity contribution in [3.05, 3.63) is 33.9 Å². The first-order chi connectivity index (χ1) is 7.35. The molecule has 0 aromatic carbocycles. The maximum Gasteiger partial charge on any atom is 0.396 e. The normalized spacial score (nSPS) is 12.2. The third-order valence-corrected chi connectivity index (χ3v) is 2.02. The molecule has 2 aromatic heterocycles. The first-order valence-electron chi connectivity index (χ1n) is 4.50. The van der Waals surface area contributed by atoms with Gasteiger partial charge < -0.3 is 0 Å². The fraction of sp³-hybridized carbons (Fsp3) is 0.333. The highest BCUT2D eigenvalue weighted by Gasteiger charge is 2.29. The van der Waals surface area contributed by atoms with E-state index in [1.54, 1.807) is 6.92 Å². The van der Waals surface area contributed by atoms with E-state index < -0.39 is 18.2 Å². The number of pyridine rings is 1. The molecule has 0 saturated carbocycles. The summed E-state index contributed by atoms with van der Waals surface area (Å²) in [6.07, 6.45) is -5.51. The quantitative estimate of drug-likeness (QED) is 0.807. The van der Waals surface area contributed by atoms with Gasteiger partial charge in [0.05, 0.1) is 0 Å². The van der Waals surface area contributed by atoms with E-state index in [9.17, 15) is 18.0 Å². The van der Waals surface area contributed by atoms with Crippen LogP contribution >= 0.6 is 0 Å². The van der Waals surface area contributed by atoms with Crippen molar-refractivity contribution in [2.24, 2.45) is 0 Å². The van der Waals surface area contributed by atoms with Crippen molar-refractivity contribution in [1.82, 2.24) is 14.6 Å². The van der Waals surface area contributed by atoms with Crippen molar-refractivity contribution >= 4 is 5.65 Å². The predicted octanol–water partition coefficient (Wildman–Crippen LogP) is 1.44. The van der Waals surface area contributed by atoms with Crippen LogP contribution in [-0.4, -0.2) is 20.8 Å². The van der Waals surface area contributed by atoms with Crippen LogP contribution in [0.1, 0.15) is 11.4 Å². The number of aromatic amines is 1. The molecule has 0 bridgehead atoms. The van der Waals surface area contributed by atoms with Crippen LogP contribution in [0.2, 0.25) is 0 Å². The number of nitrogens with zero attached hydrogens (tertiary/aromatic N) is 2. The van der Waals surface area contributed by atoms with Crippen LogP contribution in [0, 0.1) is 6.92 Å². The Labute approximate surface area is 87.7 Å². The molecule has 86 valence electrons. The zero-order valence-electron chi connectivity index (χ0n) is 8.30. The fourth-order valence-electron chi connectivity index (χ4n) is 1.44. The first kappa shape index (κ1) is 10.7. The molecule has 0 amide bonds. The topological polar surface area (TPSA) is 50.2 Å². The Morgan fingerprint density at radius 3 is 2.75 bits per heavy atom. The van der Waals surface area contributed by atoms with Crippen molar-refractivity contribution in [2.75, 3.05) is 0 Å². The van der Waals surface area contributed by atoms with Gasteiger partial charge in [0.25, 0.3) is 5.56 Å². The molecule has 0 atom stereocenters. The minimum absolute atomic E-state index is 0.198. The summed E-state index contributed by atoms with van der Waals surface area (Å²) in [6, 6.07) is 2.86. The molecule has 0 radical (unpaired) electrons. The number of fused-ring (bicyclic) bond motifs is 1. The maximum absolute atomic E-state index is 12.1. The Morgan fingerprint density at radius 2 is 2.12 bits per heavy atom. The van der Waals surface area contributed by atoms with Crippen molar-refractivity contribution in [3.63, 3.8) is 0 Å². The summed E-state index contributed by atoms with van der Waals surface area (Å²) in [4.78, 5) is 15.1. The summed E-state index contributed by atoms with van der Waals surface area (Å²) in [5, 5.41) is 2.32. The van der Waals surface area contributed by atoms with Gasteiger partial charge in [-0.1, -0.05) is 0 Å². The van der Waals surface area contributed by atoms with Crippen molar-refractivity contribution < 1.29 is 13.2 Å². The molecule has 7 heteroatoms. The average molecular weight is 231 g/mol. The molecule has 2 rings (SSSR count). The molecule has 0 fully saturated rings. The number of H-pyrrole nitrogens is 1. The lowest BCUT2D eigenvalue weighted by atomic mass is 10.3. The van der Waals surface area contributed by atoms with Gasteiger partial charge in [-0.05, 0) is 18.6 Å². The molecule has 0 aliphatic heterocycles. The van der Waals surface area contributed by atoms with Gasteiger partial charge in [-0.3, -0.25) is 9.89 Å². The van der Waals surface area contributed by atoms with Crippen molar-refractivity contribution in [1.29, 1.82) is 0 Å². The van der Waals surface area contributed by atoms with Crippen LogP contribution in [0.5, 0.6) is 0 Å². The summed E-state index contributed by atoms with van der Waals surface area (Å²) in [5.74, 6) is -0.268. The fourth-order valence-corrected chi connectivity index (χ4v) is 1.44. The lowest BCUT2D eigenvalue weighted by Gasteiger charge is -2.01. The van der Waals surface area contributed by atoms with Gasteiger partial charge in [-0.25, -0.2) is 9.50 Å². The molecule has 4 nitrogen and oxygen atoms in total. The van der Waals surface area contributed by atoms with Crippen LogP contribution in [0.4, 0.5) is 13.2 Å². The molecule has 2 heterocycles. The van der Waals surface area contributed by atoms with E-state index in [2.05, 4.69) is 10.1 Å². The highest BCUT2D eigenvalue weighted by molar-refractivity contribution is 5.40. The Morgan fingerprint density at radius 1 is 1.44 bits per heavy atom. The zero-order chi connectivity index (χ0) is 11.9. The van der Waals surface area contributed by atoms with E-state index in [4.69, 9.17) is 0 Å². The minimum Gasteiger partial charge on any atom is -0.276 e. The molecule has 0 spiro atoms. The molecule has 16 heavy (non-hydrogen) atoms. The molecule has 1 N–H and O–H groups in total. The third-order valence-electron chi connectivity index (χ3n) is 2.02. The maximum atomic E-state index is 12.1. The van der Waals surface area contributed by atoms with Gasteiger partial charge in [-0.15, -0.1) is 0 Å². The predicted molar refractivity (Wildman–Crippen MR) is 50.3 cm³/mol. The van der Waals surface area contributed by atoms with Crippen LogP contribution in [0.3, 0.4) is 0 Å². The summed E-state index contributed by atoms with van der Waals surface area (Å²) in [6.45, 7) is 1.68. The number of nitrogens with one attached hydrogen (secondary N) is 1. The number of rotatable bonds is 1. The Kier molecular flexibility index (Phi) is 2.25. The Bertz CT molecular complexity index is 582. The second-order valence-electron chi connectivity index (χ2n) is 3.53. The smallest absolute Gasteiger partial charge is 0.276 e. The number of aryl methyl sites for hydroxylation is 1. The number of alkyl halides is 3. The number of hydrogen-bond acceptors (Lipinski definition) is 2. The standard InChI is InChI=1S/C9H8F3N3O/c1-5-2-7-13-6(4-9(10,11)12)14-15(7)8(16)3-5/h2-3H,4H2,1H3,(H,13,14). The van der Waals surface area contributed by atoms with Gasteiger partial charge in [0.1, 0.15) is 12.2 Å². The first-order valence-corrected chi connectivity index (χ1v) is 4.50. The van der Waals surface area contributed by atoms with Crippen molar-refractivity contribution in [3.8, 4) is 0 Å². The van der Waals surface area contributed by atoms with Gasteiger partial charge >= 0.3 is 6.18 Å². The molecule has 2 aromatic rings. The SMILES string of the molecule is Cc1cc(=O)n2[nH]c(CC(F)(F)F)nc2c1. The zero-order valence-corrected chi connectivity index (χ0v) is 8.30. The number of hydrogen-bond donors (Lipinski definition) is 1. The molecule has 0 unspecified atom stereocenters. The Hall–Kier alpha value is -1.79. The summed E-state index contributed by atoms with van der Waals surface area (Å²) < 4.78 is 37.3. The van der Waals surface area contributed by atoms with E-state index in [-0.39, 0.29) is 11.5 Å². The summed E-state index contributed by atoms with van der Waals surface area (Å²) in [5.41, 5.74) is 0.440. The molecular formula is C9H8F3N3O. The number of aromatic nitrogens is 3. The van der Waals surface area contributed by atoms with Gasteiger partial charge in [-0.2, -0.15) is 13.2 Å². The van der Waals surface area contributed by atoms with Gasteiger partial charge in [0, 0.05) is 6.07 Å². The van der Waals surface area contributed by atoms with Crippen molar-refractivity contribution in [2.45, 2.75) is 19.5 Å². The van der Waals surface area contributed by atoms with E-state index in [1.165, 1.54) is 12.1 Å². The molecule has 0 aliphatic carbocycles. The van der Waals surface area contributed by atoms with Crippen LogP contribution in [0.25, 0.3) is 5.65 Å². The largest absolute Gasteiger partial charge is 0.396 e. The highest BCUT2D eigenvalue weighted by Crippen LogP contribution is 2.19. The molecular weight excluding hydrogens is 223 g/mol. The lowest BCUT2D eigenvalue weighted by Crippen LogP contribution is -2.15. The van der Waals surface area contributed by atoms with E-state index >= 15 is 0 Å². The monoisotopic (exact) mass is 231 g/mol. The van der Waals surface area contributed by atoms with E-state index in [1.807, 2.05) is 0 Å². The molecule has 0 aliphatic rings. The van der Waals surface area contributed by atoms with Crippen LogP contribution in [0.15, 0.2) is 16.9 Å². The van der Waals surface area contributed by atoms with E-state index in [0.717, 1.165) is 4.52 Å².